The Kier molecular flexibility index (Phi) is 7.57. The first-order valence-corrected chi connectivity index (χ1v) is 9.42. The fourth-order valence-corrected chi connectivity index (χ4v) is 2.95. The average molecular weight is 376 g/mol. The Hall–Kier alpha value is -0.200. The smallest absolute Gasteiger partial charge is 0.261 e. The molecule has 0 saturated carbocycles. The van der Waals surface area contributed by atoms with Crippen molar-refractivity contribution in [3.8, 4) is 5.75 Å². The van der Waals surface area contributed by atoms with E-state index >= 15 is 0 Å². The van der Waals surface area contributed by atoms with Gasteiger partial charge >= 0.3 is 0 Å². The molecule has 0 aromatic heterocycles. The van der Waals surface area contributed by atoms with Crippen LogP contribution in [0.15, 0.2) is 17.0 Å². The predicted octanol–water partition coefficient (Wildman–Crippen LogP) is 4.36. The van der Waals surface area contributed by atoms with Crippen molar-refractivity contribution in [1.82, 2.24) is 0 Å². The van der Waals surface area contributed by atoms with E-state index in [1.807, 2.05) is 0 Å². The highest BCUT2D eigenvalue weighted by atomic mass is 35.7. The summed E-state index contributed by atoms with van der Waals surface area (Å²) in [4.78, 5) is -0.167. The molecule has 0 amide bonds. The quantitative estimate of drug-likeness (QED) is 0.500. The number of ether oxygens (including phenoxy) is 2. The van der Waals surface area contributed by atoms with Gasteiger partial charge in [-0.1, -0.05) is 37.0 Å². The lowest BCUT2D eigenvalue weighted by Crippen LogP contribution is -2.09. The maximum Gasteiger partial charge on any atom is 0.261 e. The summed E-state index contributed by atoms with van der Waals surface area (Å²) in [6, 6.07) is 2.40. The fourth-order valence-electron chi connectivity index (χ4n) is 1.44. The van der Waals surface area contributed by atoms with Gasteiger partial charge in [-0.3, -0.25) is 0 Å². The molecule has 21 heavy (non-hydrogen) atoms. The summed E-state index contributed by atoms with van der Waals surface area (Å²) in [5.74, 6) is 0.801. The number of hydrogen-bond donors (Lipinski definition) is 0. The number of benzene rings is 1. The summed E-state index contributed by atoms with van der Waals surface area (Å²) in [5.41, 5.74) is 0. The zero-order valence-electron chi connectivity index (χ0n) is 11.7. The Morgan fingerprint density at radius 3 is 2.14 bits per heavy atom. The van der Waals surface area contributed by atoms with Crippen molar-refractivity contribution in [2.24, 2.45) is 5.92 Å². The van der Waals surface area contributed by atoms with Crippen molar-refractivity contribution in [1.29, 1.82) is 0 Å². The van der Waals surface area contributed by atoms with E-state index in [0.717, 1.165) is 6.42 Å². The third-order valence-corrected chi connectivity index (χ3v) is 4.46. The number of hydrogen-bond acceptors (Lipinski definition) is 4. The van der Waals surface area contributed by atoms with E-state index in [9.17, 15) is 8.42 Å². The van der Waals surface area contributed by atoms with Gasteiger partial charge in [0.05, 0.1) is 21.5 Å². The van der Waals surface area contributed by atoms with Gasteiger partial charge in [0.1, 0.15) is 6.61 Å². The van der Waals surface area contributed by atoms with E-state index in [1.165, 1.54) is 12.1 Å². The van der Waals surface area contributed by atoms with Gasteiger partial charge in [0.2, 0.25) is 0 Å². The van der Waals surface area contributed by atoms with Gasteiger partial charge < -0.3 is 9.47 Å². The first-order chi connectivity index (χ1) is 9.71. The molecule has 0 aliphatic rings. The van der Waals surface area contributed by atoms with E-state index in [-0.39, 0.29) is 27.3 Å². The number of rotatable bonds is 8. The van der Waals surface area contributed by atoms with Crippen LogP contribution in [-0.4, -0.2) is 28.2 Å². The Morgan fingerprint density at radius 2 is 1.67 bits per heavy atom. The topological polar surface area (TPSA) is 52.6 Å². The predicted molar refractivity (Wildman–Crippen MR) is 85.3 cm³/mol. The Morgan fingerprint density at radius 1 is 1.10 bits per heavy atom. The highest BCUT2D eigenvalue weighted by Crippen LogP contribution is 2.36. The van der Waals surface area contributed by atoms with Gasteiger partial charge in [-0.05, 0) is 24.5 Å². The standard InChI is InChI=1S/C13H17Cl3O4S/c1-9(2)3-4-19-5-6-20-13-11(14)7-10(8-12(13)15)21(16,17)18/h7-9H,3-6H2,1-2H3. The molecule has 0 aliphatic carbocycles. The molecule has 1 rings (SSSR count). The van der Waals surface area contributed by atoms with Crippen LogP contribution in [0.5, 0.6) is 5.75 Å². The Balaban J connectivity index is 2.57. The van der Waals surface area contributed by atoms with Gasteiger partial charge in [-0.25, -0.2) is 8.42 Å². The molecule has 4 nitrogen and oxygen atoms in total. The van der Waals surface area contributed by atoms with Crippen LogP contribution in [0.3, 0.4) is 0 Å². The van der Waals surface area contributed by atoms with Crippen molar-refractivity contribution in [3.05, 3.63) is 22.2 Å². The molecule has 0 bridgehead atoms. The molecule has 0 fully saturated rings. The molecule has 120 valence electrons. The highest BCUT2D eigenvalue weighted by Gasteiger charge is 2.16. The average Bonchev–Trinajstić information content (AvgIpc) is 2.34. The summed E-state index contributed by atoms with van der Waals surface area (Å²) in [7, 11) is 1.35. The van der Waals surface area contributed by atoms with Crippen molar-refractivity contribution >= 4 is 42.9 Å². The van der Waals surface area contributed by atoms with E-state index in [2.05, 4.69) is 13.8 Å². The van der Waals surface area contributed by atoms with Crippen LogP contribution in [0.25, 0.3) is 0 Å². The third-order valence-electron chi connectivity index (χ3n) is 2.57. The second-order valence-corrected chi connectivity index (χ2v) is 8.18. The van der Waals surface area contributed by atoms with Crippen LogP contribution in [0.1, 0.15) is 20.3 Å². The largest absolute Gasteiger partial charge is 0.488 e. The monoisotopic (exact) mass is 374 g/mol. The summed E-state index contributed by atoms with van der Waals surface area (Å²) >= 11 is 11.9. The molecule has 0 aliphatic heterocycles. The molecular weight excluding hydrogens is 359 g/mol. The van der Waals surface area contributed by atoms with Crippen molar-refractivity contribution in [3.63, 3.8) is 0 Å². The van der Waals surface area contributed by atoms with Crippen molar-refractivity contribution in [2.75, 3.05) is 19.8 Å². The molecule has 0 heterocycles. The number of halogens is 3. The second-order valence-electron chi connectivity index (χ2n) is 4.80. The summed E-state index contributed by atoms with van der Waals surface area (Å²) in [5, 5.41) is 0.174. The van der Waals surface area contributed by atoms with Crippen LogP contribution in [0, 0.1) is 5.92 Å². The first kappa shape index (κ1) is 18.8. The lowest BCUT2D eigenvalue weighted by Gasteiger charge is -2.11. The lowest BCUT2D eigenvalue weighted by molar-refractivity contribution is 0.0926. The minimum atomic E-state index is -3.88. The first-order valence-electron chi connectivity index (χ1n) is 6.36. The Bertz CT molecular complexity index is 550. The molecule has 1 aromatic rings. The van der Waals surface area contributed by atoms with Gasteiger partial charge in [-0.2, -0.15) is 0 Å². The minimum absolute atomic E-state index is 0.0869. The zero-order chi connectivity index (χ0) is 16.0. The maximum atomic E-state index is 11.2. The molecular formula is C13H17Cl3O4S. The molecule has 0 N–H and O–H groups in total. The lowest BCUT2D eigenvalue weighted by atomic mass is 10.1. The molecule has 8 heteroatoms. The molecule has 0 atom stereocenters. The van der Waals surface area contributed by atoms with Crippen LogP contribution in [0.4, 0.5) is 0 Å². The van der Waals surface area contributed by atoms with E-state index in [1.54, 1.807) is 0 Å². The van der Waals surface area contributed by atoms with Gasteiger partial charge in [-0.15, -0.1) is 0 Å². The second kappa shape index (κ2) is 8.44. The van der Waals surface area contributed by atoms with E-state index in [0.29, 0.717) is 19.1 Å². The fraction of sp³-hybridized carbons (Fsp3) is 0.538. The molecule has 0 spiro atoms. The van der Waals surface area contributed by atoms with Crippen molar-refractivity contribution < 1.29 is 17.9 Å². The SMILES string of the molecule is CC(C)CCOCCOc1c(Cl)cc(S(=O)(=O)Cl)cc1Cl. The summed E-state index contributed by atoms with van der Waals surface area (Å²) in [6.45, 7) is 5.56. The normalized spacial score (nSPS) is 11.9. The highest BCUT2D eigenvalue weighted by molar-refractivity contribution is 8.13. The zero-order valence-corrected chi connectivity index (χ0v) is 14.8. The third kappa shape index (κ3) is 6.61. The maximum absolute atomic E-state index is 11.2. The molecule has 1 aromatic carbocycles. The van der Waals surface area contributed by atoms with E-state index < -0.39 is 9.05 Å². The van der Waals surface area contributed by atoms with Gasteiger partial charge in [0, 0.05) is 17.3 Å². The molecule has 0 saturated heterocycles. The van der Waals surface area contributed by atoms with E-state index in [4.69, 9.17) is 43.4 Å². The van der Waals surface area contributed by atoms with Crippen molar-refractivity contribution in [2.45, 2.75) is 25.2 Å². The van der Waals surface area contributed by atoms with Gasteiger partial charge in [0.25, 0.3) is 9.05 Å². The summed E-state index contributed by atoms with van der Waals surface area (Å²) < 4.78 is 33.3. The Labute approximate surface area is 139 Å². The van der Waals surface area contributed by atoms with Crippen LogP contribution in [0.2, 0.25) is 10.0 Å². The van der Waals surface area contributed by atoms with Gasteiger partial charge in [0.15, 0.2) is 5.75 Å². The molecule has 0 unspecified atom stereocenters. The molecule has 0 radical (unpaired) electrons. The minimum Gasteiger partial charge on any atom is -0.488 e. The van der Waals surface area contributed by atoms with Crippen LogP contribution >= 0.6 is 33.9 Å². The van der Waals surface area contributed by atoms with Crippen LogP contribution in [-0.2, 0) is 13.8 Å². The summed E-state index contributed by atoms with van der Waals surface area (Å²) in [6.07, 6.45) is 0.976. The van der Waals surface area contributed by atoms with Crippen LogP contribution < -0.4 is 4.74 Å².